The van der Waals surface area contributed by atoms with Gasteiger partial charge in [-0.2, -0.15) is 0 Å². The number of nitrogen functional groups attached to an aromatic ring is 1. The number of sulfone groups is 1. The predicted molar refractivity (Wildman–Crippen MR) is 87.3 cm³/mol. The lowest BCUT2D eigenvalue weighted by Crippen LogP contribution is -2.15. The van der Waals surface area contributed by atoms with Crippen molar-refractivity contribution in [3.63, 3.8) is 0 Å². The van der Waals surface area contributed by atoms with Crippen LogP contribution in [0.2, 0.25) is 0 Å². The molecule has 2 aromatic carbocycles. The van der Waals surface area contributed by atoms with Crippen LogP contribution in [0, 0.1) is 6.92 Å². The first-order chi connectivity index (χ1) is 9.88. The van der Waals surface area contributed by atoms with Crippen molar-refractivity contribution < 1.29 is 13.2 Å². The Labute approximate surface area is 133 Å². The van der Waals surface area contributed by atoms with Gasteiger partial charge in [-0.15, -0.1) is 0 Å². The van der Waals surface area contributed by atoms with Crippen molar-refractivity contribution in [1.29, 1.82) is 0 Å². The van der Waals surface area contributed by atoms with Gasteiger partial charge >= 0.3 is 0 Å². The van der Waals surface area contributed by atoms with Crippen molar-refractivity contribution in [2.75, 3.05) is 18.1 Å². The summed E-state index contributed by atoms with van der Waals surface area (Å²) in [7, 11) is -3.45. The van der Waals surface area contributed by atoms with E-state index in [1.165, 1.54) is 0 Å². The van der Waals surface area contributed by atoms with Crippen LogP contribution in [0.3, 0.4) is 0 Å². The van der Waals surface area contributed by atoms with E-state index in [4.69, 9.17) is 10.5 Å². The van der Waals surface area contributed by atoms with Crippen molar-refractivity contribution in [3.05, 3.63) is 52.5 Å². The molecular formula is C15H16BrNO3S. The summed E-state index contributed by atoms with van der Waals surface area (Å²) < 4.78 is 30.9. The molecule has 0 unspecified atom stereocenters. The number of aryl methyl sites for hydroxylation is 1. The summed E-state index contributed by atoms with van der Waals surface area (Å²) in [6.45, 7) is 1.95. The topological polar surface area (TPSA) is 69.4 Å². The van der Waals surface area contributed by atoms with E-state index in [1.807, 2.05) is 19.1 Å². The lowest BCUT2D eigenvalue weighted by Gasteiger charge is -2.09. The maximum atomic E-state index is 12.2. The molecule has 0 aliphatic carbocycles. The minimum absolute atomic E-state index is 0.0806. The fourth-order valence-corrected chi connectivity index (χ4v) is 3.34. The summed E-state index contributed by atoms with van der Waals surface area (Å²) in [5.74, 6) is 0.515. The average Bonchev–Trinajstić information content (AvgIpc) is 2.40. The number of hydrogen-bond acceptors (Lipinski definition) is 4. The SMILES string of the molecule is Cc1ccc(S(=O)(=O)CCOc2ccc(Br)cc2)c(N)c1. The van der Waals surface area contributed by atoms with Gasteiger partial charge in [-0.05, 0) is 48.9 Å². The highest BCUT2D eigenvalue weighted by atomic mass is 79.9. The predicted octanol–water partition coefficient (Wildman–Crippen LogP) is 3.19. The first-order valence-corrected chi connectivity index (χ1v) is 8.80. The third kappa shape index (κ3) is 4.22. The van der Waals surface area contributed by atoms with Crippen LogP contribution in [0.25, 0.3) is 0 Å². The van der Waals surface area contributed by atoms with Crippen molar-refractivity contribution in [3.8, 4) is 5.75 Å². The molecule has 2 N–H and O–H groups in total. The molecule has 0 aliphatic heterocycles. The van der Waals surface area contributed by atoms with Gasteiger partial charge in [0.15, 0.2) is 9.84 Å². The van der Waals surface area contributed by atoms with E-state index in [0.29, 0.717) is 5.75 Å². The van der Waals surface area contributed by atoms with Gasteiger partial charge < -0.3 is 10.5 Å². The minimum atomic E-state index is -3.45. The molecule has 21 heavy (non-hydrogen) atoms. The number of rotatable bonds is 5. The highest BCUT2D eigenvalue weighted by molar-refractivity contribution is 9.10. The summed E-state index contributed by atoms with van der Waals surface area (Å²) in [6.07, 6.45) is 0. The zero-order valence-corrected chi connectivity index (χ0v) is 13.9. The van der Waals surface area contributed by atoms with E-state index in [2.05, 4.69) is 15.9 Å². The Morgan fingerprint density at radius 2 is 1.81 bits per heavy atom. The summed E-state index contributed by atoms with van der Waals surface area (Å²) in [4.78, 5) is 0.160. The molecule has 0 saturated carbocycles. The smallest absolute Gasteiger partial charge is 0.183 e. The molecule has 0 saturated heterocycles. The molecule has 0 atom stereocenters. The molecule has 0 heterocycles. The highest BCUT2D eigenvalue weighted by Gasteiger charge is 2.17. The van der Waals surface area contributed by atoms with E-state index < -0.39 is 9.84 Å². The standard InChI is InChI=1S/C15H16BrNO3S/c1-11-2-7-15(14(17)10-11)21(18,19)9-8-20-13-5-3-12(16)4-6-13/h2-7,10H,8-9,17H2,1H3. The molecule has 0 spiro atoms. The molecule has 0 amide bonds. The van der Waals surface area contributed by atoms with Crippen molar-refractivity contribution >= 4 is 31.5 Å². The van der Waals surface area contributed by atoms with Crippen LogP contribution in [-0.4, -0.2) is 20.8 Å². The highest BCUT2D eigenvalue weighted by Crippen LogP contribution is 2.21. The van der Waals surface area contributed by atoms with Gasteiger partial charge in [0.25, 0.3) is 0 Å². The van der Waals surface area contributed by atoms with Crippen LogP contribution in [0.5, 0.6) is 5.75 Å². The van der Waals surface area contributed by atoms with E-state index in [0.717, 1.165) is 10.0 Å². The summed E-state index contributed by atoms with van der Waals surface area (Å²) in [5, 5.41) is 0. The van der Waals surface area contributed by atoms with Gasteiger partial charge in [0.1, 0.15) is 12.4 Å². The van der Waals surface area contributed by atoms with Crippen LogP contribution < -0.4 is 10.5 Å². The molecular weight excluding hydrogens is 354 g/mol. The Morgan fingerprint density at radius 1 is 1.14 bits per heavy atom. The Balaban J connectivity index is 2.03. The lowest BCUT2D eigenvalue weighted by atomic mass is 10.2. The Hall–Kier alpha value is -1.53. The molecule has 0 aromatic heterocycles. The van der Waals surface area contributed by atoms with E-state index in [1.54, 1.807) is 30.3 Å². The fourth-order valence-electron chi connectivity index (χ4n) is 1.86. The summed E-state index contributed by atoms with van der Waals surface area (Å²) in [5.41, 5.74) is 6.99. The number of anilines is 1. The fraction of sp³-hybridized carbons (Fsp3) is 0.200. The summed E-state index contributed by atoms with van der Waals surface area (Å²) >= 11 is 3.32. The van der Waals surface area contributed by atoms with Crippen LogP contribution in [0.15, 0.2) is 51.8 Å². The molecule has 2 aromatic rings. The van der Waals surface area contributed by atoms with E-state index in [-0.39, 0.29) is 22.9 Å². The van der Waals surface area contributed by atoms with Gasteiger partial charge in [-0.25, -0.2) is 8.42 Å². The van der Waals surface area contributed by atoms with Gasteiger partial charge in [0.2, 0.25) is 0 Å². The quantitative estimate of drug-likeness (QED) is 0.821. The minimum Gasteiger partial charge on any atom is -0.493 e. The number of nitrogens with two attached hydrogens (primary N) is 1. The van der Waals surface area contributed by atoms with E-state index in [9.17, 15) is 8.42 Å². The number of ether oxygens (including phenoxy) is 1. The molecule has 0 bridgehead atoms. The van der Waals surface area contributed by atoms with Gasteiger partial charge in [-0.3, -0.25) is 0 Å². The van der Waals surface area contributed by atoms with Crippen LogP contribution in [0.1, 0.15) is 5.56 Å². The monoisotopic (exact) mass is 369 g/mol. The molecule has 4 nitrogen and oxygen atoms in total. The molecule has 0 radical (unpaired) electrons. The maximum absolute atomic E-state index is 12.2. The zero-order chi connectivity index (χ0) is 15.5. The second kappa shape index (κ2) is 6.49. The Morgan fingerprint density at radius 3 is 2.43 bits per heavy atom. The van der Waals surface area contributed by atoms with Crippen molar-refractivity contribution in [1.82, 2.24) is 0 Å². The van der Waals surface area contributed by atoms with Crippen LogP contribution in [0.4, 0.5) is 5.69 Å². The summed E-state index contributed by atoms with van der Waals surface area (Å²) in [6, 6.07) is 12.2. The first kappa shape index (κ1) is 15.9. The number of benzene rings is 2. The molecule has 2 rings (SSSR count). The van der Waals surface area contributed by atoms with Crippen LogP contribution in [-0.2, 0) is 9.84 Å². The largest absolute Gasteiger partial charge is 0.493 e. The van der Waals surface area contributed by atoms with Crippen molar-refractivity contribution in [2.45, 2.75) is 11.8 Å². The molecule has 6 heteroatoms. The molecule has 0 fully saturated rings. The lowest BCUT2D eigenvalue weighted by molar-refractivity contribution is 0.341. The van der Waals surface area contributed by atoms with Gasteiger partial charge in [0, 0.05) is 4.47 Å². The van der Waals surface area contributed by atoms with Crippen molar-refractivity contribution in [2.24, 2.45) is 0 Å². The zero-order valence-electron chi connectivity index (χ0n) is 11.5. The van der Waals surface area contributed by atoms with Gasteiger partial charge in [-0.1, -0.05) is 22.0 Å². The van der Waals surface area contributed by atoms with E-state index >= 15 is 0 Å². The average molecular weight is 370 g/mol. The molecule has 0 aliphatic rings. The molecule has 112 valence electrons. The Bertz CT molecular complexity index is 727. The second-order valence-electron chi connectivity index (χ2n) is 4.66. The number of hydrogen-bond donors (Lipinski definition) is 1. The van der Waals surface area contributed by atoms with Crippen LogP contribution >= 0.6 is 15.9 Å². The van der Waals surface area contributed by atoms with Gasteiger partial charge in [0.05, 0.1) is 16.3 Å². The first-order valence-electron chi connectivity index (χ1n) is 6.36. The third-order valence-electron chi connectivity index (χ3n) is 2.93. The Kier molecular flexibility index (Phi) is 4.90. The number of halogens is 1. The normalized spacial score (nSPS) is 11.3. The maximum Gasteiger partial charge on any atom is 0.183 e. The second-order valence-corrected chi connectivity index (χ2v) is 7.66. The third-order valence-corrected chi connectivity index (χ3v) is 5.21.